The minimum Gasteiger partial charge on any atom is -0.271 e. The van der Waals surface area contributed by atoms with E-state index in [-0.39, 0.29) is 0 Å². The second-order valence-corrected chi connectivity index (χ2v) is 5.36. The number of hydrazine groups is 1. The Bertz CT molecular complexity index is 192. The molecule has 74 valence electrons. The summed E-state index contributed by atoms with van der Waals surface area (Å²) < 4.78 is 0.297. The first kappa shape index (κ1) is 10.9. The van der Waals surface area contributed by atoms with E-state index in [0.29, 0.717) is 10.8 Å². The van der Waals surface area contributed by atoms with Gasteiger partial charge in [0.05, 0.1) is 0 Å². The second-order valence-electron chi connectivity index (χ2n) is 3.73. The molecule has 3 N–H and O–H groups in total. The molecule has 1 rings (SSSR count). The molecule has 13 heavy (non-hydrogen) atoms. The van der Waals surface area contributed by atoms with Crippen LogP contribution in [0.15, 0.2) is 0 Å². The molecule has 1 saturated heterocycles. The number of thioether (sulfide) groups is 1. The molecule has 2 unspecified atom stereocenters. The Kier molecular flexibility index (Phi) is 4.11. The zero-order valence-electron chi connectivity index (χ0n) is 8.18. The van der Waals surface area contributed by atoms with Gasteiger partial charge in [-0.3, -0.25) is 11.3 Å². The zero-order valence-corrected chi connectivity index (χ0v) is 8.99. The largest absolute Gasteiger partial charge is 0.271 e. The molecule has 3 heteroatoms. The van der Waals surface area contributed by atoms with E-state index in [1.165, 1.54) is 18.6 Å². The maximum atomic E-state index is 5.55. The summed E-state index contributed by atoms with van der Waals surface area (Å²) in [5.74, 6) is 9.47. The summed E-state index contributed by atoms with van der Waals surface area (Å²) in [7, 11) is 0. The van der Waals surface area contributed by atoms with Crippen molar-refractivity contribution >= 4 is 11.8 Å². The Morgan fingerprint density at radius 2 is 2.54 bits per heavy atom. The Hall–Kier alpha value is -0.170. The van der Waals surface area contributed by atoms with Crippen LogP contribution in [-0.4, -0.2) is 16.5 Å². The topological polar surface area (TPSA) is 38.0 Å². The first-order chi connectivity index (χ1) is 6.23. The Morgan fingerprint density at radius 3 is 3.00 bits per heavy atom. The Labute approximate surface area is 85.0 Å². The van der Waals surface area contributed by atoms with E-state index >= 15 is 0 Å². The van der Waals surface area contributed by atoms with Gasteiger partial charge in [-0.05, 0) is 31.9 Å². The highest BCUT2D eigenvalue weighted by Gasteiger charge is 2.36. The monoisotopic (exact) mass is 198 g/mol. The van der Waals surface area contributed by atoms with Crippen LogP contribution in [0.5, 0.6) is 0 Å². The molecule has 0 saturated carbocycles. The van der Waals surface area contributed by atoms with Crippen LogP contribution in [0.1, 0.15) is 32.6 Å². The first-order valence-electron chi connectivity index (χ1n) is 4.76. The molecule has 0 aliphatic carbocycles. The number of nitrogens with one attached hydrogen (secondary N) is 1. The first-order valence-corrected chi connectivity index (χ1v) is 5.75. The lowest BCUT2D eigenvalue weighted by Gasteiger charge is -2.32. The van der Waals surface area contributed by atoms with Crippen LogP contribution in [0.2, 0.25) is 0 Å². The van der Waals surface area contributed by atoms with E-state index in [1.54, 1.807) is 0 Å². The zero-order chi connectivity index (χ0) is 9.73. The van der Waals surface area contributed by atoms with Crippen molar-refractivity contribution < 1.29 is 0 Å². The molecule has 0 amide bonds. The van der Waals surface area contributed by atoms with Gasteiger partial charge >= 0.3 is 0 Å². The molecular formula is C10H18N2S. The van der Waals surface area contributed by atoms with Gasteiger partial charge in [0.25, 0.3) is 0 Å². The van der Waals surface area contributed by atoms with Gasteiger partial charge in [0, 0.05) is 17.2 Å². The van der Waals surface area contributed by atoms with Crippen molar-refractivity contribution in [2.24, 2.45) is 5.84 Å². The van der Waals surface area contributed by atoms with Gasteiger partial charge in [0.15, 0.2) is 0 Å². The highest BCUT2D eigenvalue weighted by Crippen LogP contribution is 2.41. The van der Waals surface area contributed by atoms with Gasteiger partial charge in [-0.25, -0.2) is 0 Å². The van der Waals surface area contributed by atoms with E-state index in [2.05, 4.69) is 18.3 Å². The fourth-order valence-electron chi connectivity index (χ4n) is 1.87. The molecule has 0 spiro atoms. The van der Waals surface area contributed by atoms with E-state index in [1.807, 2.05) is 11.8 Å². The van der Waals surface area contributed by atoms with E-state index in [9.17, 15) is 0 Å². The van der Waals surface area contributed by atoms with Gasteiger partial charge < -0.3 is 0 Å². The normalized spacial score (nSPS) is 29.9. The van der Waals surface area contributed by atoms with E-state index in [4.69, 9.17) is 12.3 Å². The SMILES string of the molecule is C#CCCC(NN)C1(C)CCCS1. The summed E-state index contributed by atoms with van der Waals surface area (Å²) in [4.78, 5) is 0. The van der Waals surface area contributed by atoms with Crippen LogP contribution in [0.3, 0.4) is 0 Å². The van der Waals surface area contributed by atoms with Crippen LogP contribution in [0.4, 0.5) is 0 Å². The third kappa shape index (κ3) is 2.63. The summed E-state index contributed by atoms with van der Waals surface area (Å²) >= 11 is 2.02. The van der Waals surface area contributed by atoms with Crippen LogP contribution < -0.4 is 11.3 Å². The quantitative estimate of drug-likeness (QED) is 0.408. The minimum absolute atomic E-state index is 0.297. The molecule has 0 bridgehead atoms. The van der Waals surface area contributed by atoms with Crippen LogP contribution in [0.25, 0.3) is 0 Å². The number of hydrogen-bond acceptors (Lipinski definition) is 3. The standard InChI is InChI=1S/C10H18N2S/c1-3-4-6-9(12-11)10(2)7-5-8-13-10/h1,9,12H,4-8,11H2,2H3. The number of hydrogen-bond donors (Lipinski definition) is 2. The van der Waals surface area contributed by atoms with Gasteiger partial charge in [-0.15, -0.1) is 12.3 Å². The number of nitrogens with two attached hydrogens (primary N) is 1. The van der Waals surface area contributed by atoms with Crippen molar-refractivity contribution in [1.29, 1.82) is 0 Å². The van der Waals surface area contributed by atoms with Crippen molar-refractivity contribution in [2.45, 2.75) is 43.4 Å². The van der Waals surface area contributed by atoms with Crippen LogP contribution in [0, 0.1) is 12.3 Å². The van der Waals surface area contributed by atoms with Gasteiger partial charge in [-0.2, -0.15) is 11.8 Å². The molecule has 2 atom stereocenters. The highest BCUT2D eigenvalue weighted by atomic mass is 32.2. The smallest absolute Gasteiger partial charge is 0.0363 e. The fourth-order valence-corrected chi connectivity index (χ4v) is 3.30. The molecule has 2 nitrogen and oxygen atoms in total. The summed E-state index contributed by atoms with van der Waals surface area (Å²) in [6.07, 6.45) is 9.59. The maximum Gasteiger partial charge on any atom is 0.0363 e. The highest BCUT2D eigenvalue weighted by molar-refractivity contribution is 8.00. The van der Waals surface area contributed by atoms with Crippen molar-refractivity contribution in [3.8, 4) is 12.3 Å². The average molecular weight is 198 g/mol. The summed E-state index contributed by atoms with van der Waals surface area (Å²) in [5, 5.41) is 0. The summed E-state index contributed by atoms with van der Waals surface area (Å²) in [5.41, 5.74) is 2.90. The van der Waals surface area contributed by atoms with Crippen molar-refractivity contribution in [3.63, 3.8) is 0 Å². The molecular weight excluding hydrogens is 180 g/mol. The molecule has 1 heterocycles. The number of rotatable bonds is 4. The van der Waals surface area contributed by atoms with Gasteiger partial charge in [0.1, 0.15) is 0 Å². The molecule has 0 aromatic heterocycles. The lowest BCUT2D eigenvalue weighted by atomic mass is 9.93. The van der Waals surface area contributed by atoms with Gasteiger partial charge in [-0.1, -0.05) is 0 Å². The molecule has 1 aliphatic heterocycles. The molecule has 0 radical (unpaired) electrons. The Morgan fingerprint density at radius 1 is 1.77 bits per heavy atom. The van der Waals surface area contributed by atoms with Gasteiger partial charge in [0.2, 0.25) is 0 Å². The fraction of sp³-hybridized carbons (Fsp3) is 0.800. The van der Waals surface area contributed by atoms with E-state index < -0.39 is 0 Å². The second kappa shape index (κ2) is 4.90. The minimum atomic E-state index is 0.297. The molecule has 0 aromatic carbocycles. The third-order valence-corrected chi connectivity index (χ3v) is 4.41. The lowest BCUT2D eigenvalue weighted by molar-refractivity contribution is 0.390. The summed E-state index contributed by atoms with van der Waals surface area (Å²) in [6, 6.07) is 0.357. The van der Waals surface area contributed by atoms with Crippen molar-refractivity contribution in [3.05, 3.63) is 0 Å². The molecule has 0 aromatic rings. The van der Waals surface area contributed by atoms with Crippen LogP contribution in [-0.2, 0) is 0 Å². The van der Waals surface area contributed by atoms with Crippen molar-refractivity contribution in [1.82, 2.24) is 5.43 Å². The van der Waals surface area contributed by atoms with E-state index in [0.717, 1.165) is 12.8 Å². The molecule has 1 aliphatic rings. The number of terminal acetylenes is 1. The van der Waals surface area contributed by atoms with Crippen LogP contribution >= 0.6 is 11.8 Å². The molecule has 1 fully saturated rings. The third-order valence-electron chi connectivity index (χ3n) is 2.76. The van der Waals surface area contributed by atoms with Crippen molar-refractivity contribution in [2.75, 3.05) is 5.75 Å². The predicted octanol–water partition coefficient (Wildman–Crippen LogP) is 1.52. The average Bonchev–Trinajstić information content (AvgIpc) is 2.54. The summed E-state index contributed by atoms with van der Waals surface area (Å²) in [6.45, 7) is 2.28. The predicted molar refractivity (Wildman–Crippen MR) is 59.3 cm³/mol. The maximum absolute atomic E-state index is 5.55. The Balaban J connectivity index is 2.49. The lowest BCUT2D eigenvalue weighted by Crippen LogP contribution is -2.48.